The summed E-state index contributed by atoms with van der Waals surface area (Å²) < 4.78 is 1.96. The van der Waals surface area contributed by atoms with E-state index in [4.69, 9.17) is 0 Å². The zero-order valence-corrected chi connectivity index (χ0v) is 21.7. The molecule has 0 spiro atoms. The third kappa shape index (κ3) is 4.94. The Morgan fingerprint density at radius 3 is 2.71 bits per heavy atom. The maximum absolute atomic E-state index is 12.6. The van der Waals surface area contributed by atoms with E-state index in [1.807, 2.05) is 10.9 Å². The Labute approximate surface area is 210 Å². The second-order valence-electron chi connectivity index (χ2n) is 9.99. The molecular weight excluding hydrogens is 460 g/mol. The first-order valence-corrected chi connectivity index (χ1v) is 13.6. The van der Waals surface area contributed by atoms with Crippen molar-refractivity contribution in [2.24, 2.45) is 0 Å². The lowest BCUT2D eigenvalue weighted by molar-refractivity contribution is -0.121. The van der Waals surface area contributed by atoms with Crippen molar-refractivity contribution in [1.82, 2.24) is 25.0 Å². The molecule has 0 bridgehead atoms. The van der Waals surface area contributed by atoms with Crippen LogP contribution in [0, 0.1) is 6.92 Å². The quantitative estimate of drug-likeness (QED) is 0.442. The Kier molecular flexibility index (Phi) is 6.83. The predicted octanol–water partition coefficient (Wildman–Crippen LogP) is 3.43. The minimum Gasteiger partial charge on any atom is -0.384 e. The van der Waals surface area contributed by atoms with E-state index in [1.165, 1.54) is 5.56 Å². The van der Waals surface area contributed by atoms with Gasteiger partial charge in [0.25, 0.3) is 0 Å². The van der Waals surface area contributed by atoms with E-state index in [1.54, 1.807) is 11.3 Å². The summed E-state index contributed by atoms with van der Waals surface area (Å²) in [6, 6.07) is 6.95. The zero-order chi connectivity index (χ0) is 24.6. The van der Waals surface area contributed by atoms with Crippen LogP contribution in [0.3, 0.4) is 0 Å². The fourth-order valence-electron chi connectivity index (χ4n) is 5.39. The lowest BCUT2D eigenvalue weighted by Gasteiger charge is -2.48. The van der Waals surface area contributed by atoms with E-state index in [-0.39, 0.29) is 18.5 Å². The number of benzene rings is 1. The van der Waals surface area contributed by atoms with Crippen LogP contribution in [0.15, 0.2) is 24.4 Å². The number of rotatable bonds is 8. The Bertz CT molecular complexity index is 1190. The number of aliphatic hydroxyl groups is 1. The number of hydrogen-bond donors (Lipinski definition) is 3. The summed E-state index contributed by atoms with van der Waals surface area (Å²) in [5, 5.41) is 24.3. The summed E-state index contributed by atoms with van der Waals surface area (Å²) in [5.74, 6) is 0.758. The normalized spacial score (nSPS) is 23.4. The van der Waals surface area contributed by atoms with Gasteiger partial charge in [0, 0.05) is 37.3 Å². The summed E-state index contributed by atoms with van der Waals surface area (Å²) in [5.41, 5.74) is 1.53. The molecule has 0 radical (unpaired) electrons. The van der Waals surface area contributed by atoms with Crippen LogP contribution in [-0.2, 0) is 23.4 Å². The molecule has 1 saturated heterocycles. The van der Waals surface area contributed by atoms with Crippen LogP contribution in [0.4, 0.5) is 5.82 Å². The van der Waals surface area contributed by atoms with Gasteiger partial charge in [-0.15, -0.1) is 11.3 Å². The van der Waals surface area contributed by atoms with Crippen molar-refractivity contribution < 1.29 is 9.90 Å². The van der Waals surface area contributed by atoms with Crippen molar-refractivity contribution in [1.29, 1.82) is 0 Å². The largest absolute Gasteiger partial charge is 0.384 e. The first kappa shape index (κ1) is 24.2. The number of hydrogen-bond acceptors (Lipinski definition) is 7. The second kappa shape index (κ2) is 9.87. The Hall–Kier alpha value is -2.49. The molecule has 2 aliphatic rings. The van der Waals surface area contributed by atoms with Crippen LogP contribution in [0.2, 0.25) is 0 Å². The van der Waals surface area contributed by atoms with Crippen molar-refractivity contribution in [3.05, 3.63) is 39.8 Å². The van der Waals surface area contributed by atoms with Gasteiger partial charge in [0.15, 0.2) is 5.82 Å². The van der Waals surface area contributed by atoms with E-state index in [0.29, 0.717) is 6.04 Å². The fraction of sp³-hybridized carbons (Fsp3) is 0.577. The van der Waals surface area contributed by atoms with Crippen LogP contribution in [-0.4, -0.2) is 62.4 Å². The molecule has 1 aromatic carbocycles. The van der Waals surface area contributed by atoms with Crippen molar-refractivity contribution >= 4 is 34.0 Å². The third-order valence-corrected chi connectivity index (χ3v) is 8.85. The van der Waals surface area contributed by atoms with Gasteiger partial charge in [-0.3, -0.25) is 14.4 Å². The fourth-order valence-corrected chi connectivity index (χ4v) is 6.39. The molecule has 0 unspecified atom stereocenters. The first-order valence-electron chi connectivity index (χ1n) is 12.8. The van der Waals surface area contributed by atoms with Crippen LogP contribution < -0.4 is 10.6 Å². The van der Waals surface area contributed by atoms with Gasteiger partial charge < -0.3 is 15.7 Å². The highest BCUT2D eigenvalue weighted by Gasteiger charge is 2.41. The molecule has 3 aromatic rings. The molecule has 5 rings (SSSR count). The Morgan fingerprint density at radius 2 is 2.03 bits per heavy atom. The molecule has 1 aliphatic carbocycles. The van der Waals surface area contributed by atoms with Gasteiger partial charge in [0.05, 0.1) is 28.0 Å². The van der Waals surface area contributed by atoms with E-state index < -0.39 is 5.60 Å². The molecule has 3 N–H and O–H groups in total. The van der Waals surface area contributed by atoms with Gasteiger partial charge in [-0.25, -0.2) is 4.98 Å². The summed E-state index contributed by atoms with van der Waals surface area (Å²) in [6.07, 6.45) is 6.29. The summed E-state index contributed by atoms with van der Waals surface area (Å²) >= 11 is 1.65. The molecule has 35 heavy (non-hydrogen) atoms. The average Bonchev–Trinajstić information content (AvgIpc) is 3.45. The van der Waals surface area contributed by atoms with Crippen LogP contribution in [0.5, 0.6) is 0 Å². The van der Waals surface area contributed by atoms with E-state index >= 15 is 0 Å². The number of nitrogens with one attached hydrogen (secondary N) is 2. The molecule has 9 heteroatoms. The zero-order valence-electron chi connectivity index (χ0n) is 20.9. The SMILES string of the molecule is CCc1ncc([C@]2(O)CC[C@H](N3CC(NC(=O)CNc4nn(CC)c5ccc(C)cc45)C3)CC2)s1. The molecule has 0 atom stereocenters. The molecule has 1 amide bonds. The molecule has 1 saturated carbocycles. The van der Waals surface area contributed by atoms with Gasteiger partial charge >= 0.3 is 0 Å². The summed E-state index contributed by atoms with van der Waals surface area (Å²) in [4.78, 5) is 20.5. The standard InChI is InChI=1S/C26H36N6O2S/c1-4-24-27-13-22(35-24)26(34)10-8-19(9-11-26)31-15-18(16-31)29-23(33)14-28-25-20-12-17(3)6-7-21(20)32(5-2)30-25/h6-7,12-13,18-19,34H,4-5,8-11,14-16H2,1-3H3,(H,28,30)(H,29,33)/t19-,26-. The molecule has 2 fully saturated rings. The Balaban J connectivity index is 1.07. The number of aryl methyl sites for hydroxylation is 3. The lowest BCUT2D eigenvalue weighted by atomic mass is 9.80. The average molecular weight is 497 g/mol. The minimum absolute atomic E-state index is 0.00329. The molecule has 2 aromatic heterocycles. The number of anilines is 1. The van der Waals surface area contributed by atoms with Gasteiger partial charge in [-0.2, -0.15) is 5.10 Å². The molecule has 1 aliphatic heterocycles. The van der Waals surface area contributed by atoms with Gasteiger partial charge in [-0.1, -0.05) is 18.6 Å². The van der Waals surface area contributed by atoms with E-state index in [0.717, 1.165) is 78.3 Å². The molecule has 8 nitrogen and oxygen atoms in total. The predicted molar refractivity (Wildman–Crippen MR) is 140 cm³/mol. The highest BCUT2D eigenvalue weighted by atomic mass is 32.1. The summed E-state index contributed by atoms with van der Waals surface area (Å²) in [6.45, 7) is 8.99. The molecular formula is C26H36N6O2S. The monoisotopic (exact) mass is 496 g/mol. The van der Waals surface area contributed by atoms with Crippen molar-refractivity contribution in [3.63, 3.8) is 0 Å². The third-order valence-electron chi connectivity index (χ3n) is 7.51. The molecule has 3 heterocycles. The number of carbonyl (C=O) groups is 1. The second-order valence-corrected chi connectivity index (χ2v) is 11.1. The number of nitrogens with zero attached hydrogens (tertiary/aromatic N) is 4. The van der Waals surface area contributed by atoms with Crippen LogP contribution in [0.1, 0.15) is 55.0 Å². The number of carbonyl (C=O) groups excluding carboxylic acids is 1. The highest BCUT2D eigenvalue weighted by Crippen LogP contribution is 2.41. The smallest absolute Gasteiger partial charge is 0.239 e. The molecule has 188 valence electrons. The van der Waals surface area contributed by atoms with Crippen LogP contribution >= 0.6 is 11.3 Å². The minimum atomic E-state index is -0.723. The van der Waals surface area contributed by atoms with Crippen molar-refractivity contribution in [3.8, 4) is 0 Å². The van der Waals surface area contributed by atoms with Crippen molar-refractivity contribution in [2.45, 2.75) is 77.1 Å². The van der Waals surface area contributed by atoms with Gasteiger partial charge in [-0.05, 0) is 58.1 Å². The highest BCUT2D eigenvalue weighted by molar-refractivity contribution is 7.11. The number of amides is 1. The van der Waals surface area contributed by atoms with Crippen LogP contribution in [0.25, 0.3) is 10.9 Å². The number of thiazole rings is 1. The number of aromatic nitrogens is 3. The Morgan fingerprint density at radius 1 is 1.26 bits per heavy atom. The van der Waals surface area contributed by atoms with E-state index in [2.05, 4.69) is 64.6 Å². The van der Waals surface area contributed by atoms with Gasteiger partial charge in [0.1, 0.15) is 5.60 Å². The maximum atomic E-state index is 12.6. The maximum Gasteiger partial charge on any atom is 0.239 e. The van der Waals surface area contributed by atoms with Crippen molar-refractivity contribution in [2.75, 3.05) is 25.0 Å². The first-order chi connectivity index (χ1) is 16.9. The summed E-state index contributed by atoms with van der Waals surface area (Å²) in [7, 11) is 0. The number of likely N-dealkylation sites (tertiary alicyclic amines) is 1. The van der Waals surface area contributed by atoms with Gasteiger partial charge in [0.2, 0.25) is 5.91 Å². The topological polar surface area (TPSA) is 95.3 Å². The van der Waals surface area contributed by atoms with E-state index in [9.17, 15) is 9.90 Å². The number of fused-ring (bicyclic) bond motifs is 1. The lowest BCUT2D eigenvalue weighted by Crippen LogP contribution is -2.63.